The molecule has 2 amide bonds. The van der Waals surface area contributed by atoms with Gasteiger partial charge in [0.2, 0.25) is 0 Å². The fraction of sp³-hybridized carbons (Fsp3) is 0.231. The third-order valence-electron chi connectivity index (χ3n) is 2.52. The molecule has 21 heavy (non-hydrogen) atoms. The van der Waals surface area contributed by atoms with Crippen molar-refractivity contribution >= 4 is 23.7 Å². The summed E-state index contributed by atoms with van der Waals surface area (Å²) in [4.78, 5) is 33.0. The SMILES string of the molecule is N#Cc1ccc(NC(=O)N[C@@H](CCC(=O)O)C(=O)O)cc1. The van der Waals surface area contributed by atoms with Crippen LogP contribution in [0.5, 0.6) is 0 Å². The standard InChI is InChI=1S/C13H13N3O5/c14-7-8-1-3-9(4-2-8)15-13(21)16-10(12(19)20)5-6-11(17)18/h1-4,10H,5-6H2,(H,17,18)(H,19,20)(H2,15,16,21)/t10-/m0/s1. The molecule has 0 heterocycles. The number of amides is 2. The lowest BCUT2D eigenvalue weighted by Crippen LogP contribution is -2.43. The molecule has 0 saturated carbocycles. The van der Waals surface area contributed by atoms with Crippen LogP contribution >= 0.6 is 0 Å². The van der Waals surface area contributed by atoms with Crippen LogP contribution in [-0.2, 0) is 9.59 Å². The Hall–Kier alpha value is -3.08. The van der Waals surface area contributed by atoms with Crippen molar-refractivity contribution in [2.75, 3.05) is 5.32 Å². The van der Waals surface area contributed by atoms with E-state index < -0.39 is 24.0 Å². The van der Waals surface area contributed by atoms with Gasteiger partial charge in [0.15, 0.2) is 0 Å². The highest BCUT2D eigenvalue weighted by atomic mass is 16.4. The number of carbonyl (C=O) groups excluding carboxylic acids is 1. The molecule has 0 bridgehead atoms. The minimum absolute atomic E-state index is 0.217. The van der Waals surface area contributed by atoms with E-state index in [-0.39, 0.29) is 12.8 Å². The molecule has 1 aromatic carbocycles. The molecule has 1 rings (SSSR count). The summed E-state index contributed by atoms with van der Waals surface area (Å²) in [5, 5.41) is 30.6. The predicted octanol–water partition coefficient (Wildman–Crippen LogP) is 0.998. The van der Waals surface area contributed by atoms with Crippen molar-refractivity contribution in [3.05, 3.63) is 29.8 Å². The van der Waals surface area contributed by atoms with Crippen molar-refractivity contribution in [3.8, 4) is 6.07 Å². The van der Waals surface area contributed by atoms with E-state index in [1.165, 1.54) is 24.3 Å². The molecule has 0 aliphatic heterocycles. The molecule has 0 aromatic heterocycles. The molecular formula is C13H13N3O5. The van der Waals surface area contributed by atoms with E-state index in [9.17, 15) is 14.4 Å². The summed E-state index contributed by atoms with van der Waals surface area (Å²) in [7, 11) is 0. The third kappa shape index (κ3) is 5.61. The van der Waals surface area contributed by atoms with Gasteiger partial charge in [-0.05, 0) is 30.7 Å². The van der Waals surface area contributed by atoms with Crippen LogP contribution in [0.15, 0.2) is 24.3 Å². The van der Waals surface area contributed by atoms with E-state index in [1.54, 1.807) is 0 Å². The number of rotatable bonds is 6. The number of anilines is 1. The number of aliphatic carboxylic acids is 2. The van der Waals surface area contributed by atoms with Gasteiger partial charge in [-0.3, -0.25) is 4.79 Å². The number of carboxylic acid groups (broad SMARTS) is 2. The third-order valence-corrected chi connectivity index (χ3v) is 2.52. The molecule has 0 aliphatic rings. The molecule has 110 valence electrons. The van der Waals surface area contributed by atoms with Crippen LogP contribution in [0.3, 0.4) is 0 Å². The van der Waals surface area contributed by atoms with E-state index >= 15 is 0 Å². The summed E-state index contributed by atoms with van der Waals surface area (Å²) in [5.41, 5.74) is 0.805. The van der Waals surface area contributed by atoms with Gasteiger partial charge in [-0.2, -0.15) is 5.26 Å². The molecule has 4 N–H and O–H groups in total. The van der Waals surface area contributed by atoms with Crippen LogP contribution in [0.1, 0.15) is 18.4 Å². The van der Waals surface area contributed by atoms with E-state index in [2.05, 4.69) is 10.6 Å². The van der Waals surface area contributed by atoms with Crippen molar-refractivity contribution in [1.29, 1.82) is 5.26 Å². The maximum Gasteiger partial charge on any atom is 0.326 e. The average Bonchev–Trinajstić information content (AvgIpc) is 2.43. The fourth-order valence-electron chi connectivity index (χ4n) is 1.48. The Balaban J connectivity index is 2.58. The number of nitriles is 1. The highest BCUT2D eigenvalue weighted by Crippen LogP contribution is 2.08. The van der Waals surface area contributed by atoms with Gasteiger partial charge in [0.25, 0.3) is 0 Å². The van der Waals surface area contributed by atoms with Gasteiger partial charge in [0.05, 0.1) is 11.6 Å². The highest BCUT2D eigenvalue weighted by Gasteiger charge is 2.20. The maximum absolute atomic E-state index is 11.6. The van der Waals surface area contributed by atoms with Crippen LogP contribution < -0.4 is 10.6 Å². The quantitative estimate of drug-likeness (QED) is 0.616. The van der Waals surface area contributed by atoms with Gasteiger partial charge in [-0.25, -0.2) is 9.59 Å². The fourth-order valence-corrected chi connectivity index (χ4v) is 1.48. The topological polar surface area (TPSA) is 140 Å². The zero-order valence-corrected chi connectivity index (χ0v) is 10.9. The van der Waals surface area contributed by atoms with Crippen molar-refractivity contribution in [1.82, 2.24) is 5.32 Å². The van der Waals surface area contributed by atoms with Gasteiger partial charge in [0.1, 0.15) is 6.04 Å². The number of hydrogen-bond acceptors (Lipinski definition) is 4. The number of carboxylic acids is 2. The molecular weight excluding hydrogens is 278 g/mol. The van der Waals surface area contributed by atoms with Crippen LogP contribution in [0.4, 0.5) is 10.5 Å². The van der Waals surface area contributed by atoms with Crippen molar-refractivity contribution in [2.24, 2.45) is 0 Å². The van der Waals surface area contributed by atoms with Gasteiger partial charge in [-0.1, -0.05) is 0 Å². The van der Waals surface area contributed by atoms with E-state index in [1.807, 2.05) is 6.07 Å². The van der Waals surface area contributed by atoms with Crippen LogP contribution in [0.25, 0.3) is 0 Å². The van der Waals surface area contributed by atoms with Crippen molar-refractivity contribution in [3.63, 3.8) is 0 Å². The molecule has 0 radical (unpaired) electrons. The molecule has 8 heteroatoms. The predicted molar refractivity (Wildman–Crippen MR) is 71.6 cm³/mol. The highest BCUT2D eigenvalue weighted by molar-refractivity contribution is 5.92. The first-order chi connectivity index (χ1) is 9.92. The molecule has 0 unspecified atom stereocenters. The minimum Gasteiger partial charge on any atom is -0.481 e. The average molecular weight is 291 g/mol. The Kier molecular flexibility index (Phi) is 5.70. The summed E-state index contributed by atoms with van der Waals surface area (Å²) < 4.78 is 0. The maximum atomic E-state index is 11.6. The number of nitrogens with one attached hydrogen (secondary N) is 2. The minimum atomic E-state index is -1.31. The number of nitrogens with zero attached hydrogens (tertiary/aromatic N) is 1. The lowest BCUT2D eigenvalue weighted by Gasteiger charge is -2.14. The van der Waals surface area contributed by atoms with Crippen molar-refractivity contribution in [2.45, 2.75) is 18.9 Å². The Morgan fingerprint density at radius 2 is 1.81 bits per heavy atom. The molecule has 1 atom stereocenters. The Morgan fingerprint density at radius 3 is 2.29 bits per heavy atom. The first-order valence-corrected chi connectivity index (χ1v) is 5.94. The largest absolute Gasteiger partial charge is 0.481 e. The second-order valence-electron chi connectivity index (χ2n) is 4.11. The first kappa shape index (κ1) is 16.0. The van der Waals surface area contributed by atoms with E-state index in [0.717, 1.165) is 0 Å². The zero-order chi connectivity index (χ0) is 15.8. The van der Waals surface area contributed by atoms with Gasteiger partial charge in [-0.15, -0.1) is 0 Å². The smallest absolute Gasteiger partial charge is 0.326 e. The van der Waals surface area contributed by atoms with Crippen LogP contribution in [0, 0.1) is 11.3 Å². The van der Waals surface area contributed by atoms with E-state index in [0.29, 0.717) is 11.3 Å². The van der Waals surface area contributed by atoms with E-state index in [4.69, 9.17) is 15.5 Å². The monoisotopic (exact) mass is 291 g/mol. The van der Waals surface area contributed by atoms with Gasteiger partial charge < -0.3 is 20.8 Å². The number of urea groups is 1. The molecule has 0 spiro atoms. The molecule has 0 aliphatic carbocycles. The number of hydrogen-bond donors (Lipinski definition) is 4. The Labute approximate surface area is 120 Å². The normalized spacial score (nSPS) is 11.0. The second-order valence-corrected chi connectivity index (χ2v) is 4.11. The number of benzene rings is 1. The molecule has 0 saturated heterocycles. The van der Waals surface area contributed by atoms with Crippen molar-refractivity contribution < 1.29 is 24.6 Å². The summed E-state index contributed by atoms with van der Waals surface area (Å²) in [6.07, 6.45) is -0.584. The molecule has 0 fully saturated rings. The summed E-state index contributed by atoms with van der Waals surface area (Å²) in [6, 6.07) is 5.83. The molecule has 8 nitrogen and oxygen atoms in total. The van der Waals surface area contributed by atoms with Gasteiger partial charge in [0, 0.05) is 12.1 Å². The Bertz CT molecular complexity index is 576. The first-order valence-electron chi connectivity index (χ1n) is 5.94. The Morgan fingerprint density at radius 1 is 1.19 bits per heavy atom. The molecule has 1 aromatic rings. The number of carbonyl (C=O) groups is 3. The lowest BCUT2D eigenvalue weighted by molar-refractivity contribution is -0.140. The van der Waals surface area contributed by atoms with Crippen LogP contribution in [0.2, 0.25) is 0 Å². The zero-order valence-electron chi connectivity index (χ0n) is 10.9. The summed E-state index contributed by atoms with van der Waals surface area (Å²) in [6.45, 7) is 0. The van der Waals surface area contributed by atoms with Crippen LogP contribution in [-0.4, -0.2) is 34.2 Å². The summed E-state index contributed by atoms with van der Waals surface area (Å²) >= 11 is 0. The second kappa shape index (κ2) is 7.49. The lowest BCUT2D eigenvalue weighted by atomic mass is 10.1. The van der Waals surface area contributed by atoms with Gasteiger partial charge >= 0.3 is 18.0 Å². The summed E-state index contributed by atoms with van der Waals surface area (Å²) in [5.74, 6) is -2.46.